The molecule has 0 aliphatic heterocycles. The van der Waals surface area contributed by atoms with Gasteiger partial charge in [0.05, 0.1) is 12.1 Å². The fraction of sp³-hybridized carbons (Fsp3) is 0.222. The van der Waals surface area contributed by atoms with Crippen LogP contribution in [0.2, 0.25) is 0 Å². The van der Waals surface area contributed by atoms with Crippen molar-refractivity contribution in [3.63, 3.8) is 0 Å². The van der Waals surface area contributed by atoms with Crippen LogP contribution >= 0.6 is 0 Å². The van der Waals surface area contributed by atoms with Gasteiger partial charge in [0.15, 0.2) is 0 Å². The zero-order chi connectivity index (χ0) is 8.97. The van der Waals surface area contributed by atoms with Gasteiger partial charge in [0, 0.05) is 6.20 Å². The highest BCUT2D eigenvalue weighted by molar-refractivity contribution is 5.49. The maximum Gasteiger partial charge on any atom is 0.244 e. The van der Waals surface area contributed by atoms with Gasteiger partial charge >= 0.3 is 0 Å². The number of pyridine rings is 1. The lowest BCUT2D eigenvalue weighted by Crippen LogP contribution is -2.01. The highest BCUT2D eigenvalue weighted by atomic mass is 19.3. The van der Waals surface area contributed by atoms with Gasteiger partial charge in [-0.25, -0.2) is 8.78 Å². The molecule has 0 bridgehead atoms. The first-order chi connectivity index (χ1) is 5.74. The minimum atomic E-state index is -2.35. The molecule has 0 spiro atoms. The Kier molecular flexibility index (Phi) is 2.91. The zero-order valence-corrected chi connectivity index (χ0v) is 6.50. The first kappa shape index (κ1) is 8.84. The van der Waals surface area contributed by atoms with Crippen LogP contribution in [-0.4, -0.2) is 11.4 Å². The van der Waals surface area contributed by atoms with Crippen LogP contribution < -0.4 is 0 Å². The number of hydrogen-bond acceptors (Lipinski definition) is 1. The van der Waals surface area contributed by atoms with E-state index in [9.17, 15) is 8.78 Å². The Labute approximate surface area is 69.8 Å². The van der Waals surface area contributed by atoms with Crippen molar-refractivity contribution in [3.8, 4) is 0 Å². The van der Waals surface area contributed by atoms with Crippen LogP contribution in [0.5, 0.6) is 0 Å². The van der Waals surface area contributed by atoms with Crippen molar-refractivity contribution in [2.45, 2.75) is 12.8 Å². The van der Waals surface area contributed by atoms with Gasteiger partial charge < -0.3 is 0 Å². The SMILES string of the molecule is C=Cc1cccnc1CC(F)F. The minimum absolute atomic E-state index is 0.303. The third-order valence-corrected chi connectivity index (χ3v) is 1.49. The molecule has 0 saturated carbocycles. The fourth-order valence-electron chi connectivity index (χ4n) is 0.953. The monoisotopic (exact) mass is 169 g/mol. The van der Waals surface area contributed by atoms with Crippen molar-refractivity contribution in [2.75, 3.05) is 0 Å². The van der Waals surface area contributed by atoms with Crippen molar-refractivity contribution >= 4 is 6.08 Å². The maximum atomic E-state index is 12.0. The van der Waals surface area contributed by atoms with Crippen molar-refractivity contribution in [2.24, 2.45) is 0 Å². The third-order valence-electron chi connectivity index (χ3n) is 1.49. The molecule has 3 heteroatoms. The molecule has 0 fully saturated rings. The van der Waals surface area contributed by atoms with E-state index in [1.54, 1.807) is 12.1 Å². The highest BCUT2D eigenvalue weighted by Gasteiger charge is 2.07. The Morgan fingerprint density at radius 3 is 2.92 bits per heavy atom. The molecule has 0 saturated heterocycles. The van der Waals surface area contributed by atoms with E-state index in [2.05, 4.69) is 11.6 Å². The lowest BCUT2D eigenvalue weighted by molar-refractivity contribution is 0.148. The predicted molar refractivity (Wildman–Crippen MR) is 44.0 cm³/mol. The normalized spacial score (nSPS) is 10.2. The van der Waals surface area contributed by atoms with E-state index < -0.39 is 6.43 Å². The van der Waals surface area contributed by atoms with Gasteiger partial charge in [0.2, 0.25) is 6.43 Å². The molecular weight excluding hydrogens is 160 g/mol. The second-order valence-electron chi connectivity index (χ2n) is 2.34. The van der Waals surface area contributed by atoms with Crippen LogP contribution in [0, 0.1) is 0 Å². The summed E-state index contributed by atoms with van der Waals surface area (Å²) in [5.74, 6) is 0. The Bertz CT molecular complexity index is 271. The van der Waals surface area contributed by atoms with E-state index in [0.29, 0.717) is 11.3 Å². The van der Waals surface area contributed by atoms with Crippen LogP contribution in [0.25, 0.3) is 6.08 Å². The number of aromatic nitrogens is 1. The molecule has 0 aliphatic rings. The molecule has 1 aromatic heterocycles. The summed E-state index contributed by atoms with van der Waals surface area (Å²) in [6.07, 6.45) is 0.385. The van der Waals surface area contributed by atoms with Crippen LogP contribution in [0.15, 0.2) is 24.9 Å². The number of hydrogen-bond donors (Lipinski definition) is 0. The average molecular weight is 169 g/mol. The molecule has 1 heterocycles. The molecule has 12 heavy (non-hydrogen) atoms. The summed E-state index contributed by atoms with van der Waals surface area (Å²) in [5, 5.41) is 0. The van der Waals surface area contributed by atoms with E-state index in [1.165, 1.54) is 12.3 Å². The molecule has 0 radical (unpaired) electrons. The molecule has 0 aliphatic carbocycles. The second kappa shape index (κ2) is 3.95. The van der Waals surface area contributed by atoms with Gasteiger partial charge in [-0.3, -0.25) is 4.98 Å². The van der Waals surface area contributed by atoms with E-state index in [1.807, 2.05) is 0 Å². The molecule has 0 unspecified atom stereocenters. The molecule has 0 atom stereocenters. The molecular formula is C9H9F2N. The number of nitrogens with zero attached hydrogens (tertiary/aromatic N) is 1. The smallest absolute Gasteiger partial charge is 0.244 e. The largest absolute Gasteiger partial charge is 0.260 e. The Hall–Kier alpha value is -1.25. The summed E-state index contributed by atoms with van der Waals surface area (Å²) < 4.78 is 23.9. The Morgan fingerprint density at radius 1 is 1.58 bits per heavy atom. The summed E-state index contributed by atoms with van der Waals surface area (Å²) >= 11 is 0. The summed E-state index contributed by atoms with van der Waals surface area (Å²) in [5.41, 5.74) is 1.08. The first-order valence-electron chi connectivity index (χ1n) is 3.58. The Morgan fingerprint density at radius 2 is 2.33 bits per heavy atom. The summed E-state index contributed by atoms with van der Waals surface area (Å²) in [6, 6.07) is 3.42. The molecule has 1 aromatic rings. The van der Waals surface area contributed by atoms with Gasteiger partial charge in [-0.2, -0.15) is 0 Å². The molecule has 64 valence electrons. The van der Waals surface area contributed by atoms with Crippen LogP contribution in [-0.2, 0) is 6.42 Å². The van der Waals surface area contributed by atoms with E-state index in [-0.39, 0.29) is 6.42 Å². The van der Waals surface area contributed by atoms with Gasteiger partial charge in [-0.15, -0.1) is 0 Å². The number of alkyl halides is 2. The zero-order valence-electron chi connectivity index (χ0n) is 6.50. The van der Waals surface area contributed by atoms with Gasteiger partial charge in [0.1, 0.15) is 0 Å². The van der Waals surface area contributed by atoms with E-state index in [4.69, 9.17) is 0 Å². The molecule has 0 aromatic carbocycles. The predicted octanol–water partition coefficient (Wildman–Crippen LogP) is 2.53. The first-order valence-corrected chi connectivity index (χ1v) is 3.58. The van der Waals surface area contributed by atoms with Crippen molar-refractivity contribution in [1.29, 1.82) is 0 Å². The second-order valence-corrected chi connectivity index (χ2v) is 2.34. The van der Waals surface area contributed by atoms with Gasteiger partial charge in [-0.05, 0) is 11.6 Å². The number of rotatable bonds is 3. The quantitative estimate of drug-likeness (QED) is 0.677. The minimum Gasteiger partial charge on any atom is -0.260 e. The fourth-order valence-corrected chi connectivity index (χ4v) is 0.953. The average Bonchev–Trinajstić information content (AvgIpc) is 2.04. The standard InChI is InChI=1S/C9H9F2N/c1-2-7-4-3-5-12-8(7)6-9(10)11/h2-5,9H,1,6H2. The van der Waals surface area contributed by atoms with Crippen molar-refractivity contribution in [3.05, 3.63) is 36.2 Å². The summed E-state index contributed by atoms with van der Waals surface area (Å²) in [7, 11) is 0. The molecule has 0 N–H and O–H groups in total. The maximum absolute atomic E-state index is 12.0. The summed E-state index contributed by atoms with van der Waals surface area (Å²) in [4.78, 5) is 3.84. The van der Waals surface area contributed by atoms with Crippen LogP contribution in [0.4, 0.5) is 8.78 Å². The molecule has 0 amide bonds. The van der Waals surface area contributed by atoms with Gasteiger partial charge in [-0.1, -0.05) is 18.7 Å². The Balaban J connectivity index is 2.89. The summed E-state index contributed by atoms with van der Waals surface area (Å²) in [6.45, 7) is 3.51. The highest BCUT2D eigenvalue weighted by Crippen LogP contribution is 2.11. The molecule has 1 nitrogen and oxygen atoms in total. The lowest BCUT2D eigenvalue weighted by Gasteiger charge is -2.02. The third kappa shape index (κ3) is 2.12. The van der Waals surface area contributed by atoms with Crippen LogP contribution in [0.1, 0.15) is 11.3 Å². The van der Waals surface area contributed by atoms with E-state index in [0.717, 1.165) is 0 Å². The van der Waals surface area contributed by atoms with Crippen molar-refractivity contribution < 1.29 is 8.78 Å². The van der Waals surface area contributed by atoms with Gasteiger partial charge in [0.25, 0.3) is 0 Å². The topological polar surface area (TPSA) is 12.9 Å². The molecule has 1 rings (SSSR count). The lowest BCUT2D eigenvalue weighted by atomic mass is 10.1. The van der Waals surface area contributed by atoms with Crippen LogP contribution in [0.3, 0.4) is 0 Å². The van der Waals surface area contributed by atoms with Crippen molar-refractivity contribution in [1.82, 2.24) is 4.98 Å². The van der Waals surface area contributed by atoms with E-state index >= 15 is 0 Å². The number of halogens is 2.